The van der Waals surface area contributed by atoms with E-state index in [1.165, 1.54) is 0 Å². The van der Waals surface area contributed by atoms with Gasteiger partial charge in [-0.05, 0) is 42.5 Å². The number of amides is 2. The summed E-state index contributed by atoms with van der Waals surface area (Å²) in [5.74, 6) is 1.01. The van der Waals surface area contributed by atoms with Crippen LogP contribution in [0.4, 0.5) is 16.2 Å². The molecule has 2 aromatic carbocycles. The number of aryl methyl sites for hydroxylation is 1. The molecule has 3 rings (SSSR count). The molecule has 1 aromatic heterocycles. The largest absolute Gasteiger partial charge is 0.339 e. The van der Waals surface area contributed by atoms with Gasteiger partial charge >= 0.3 is 6.03 Å². The molecule has 0 unspecified atom stereocenters. The van der Waals surface area contributed by atoms with E-state index >= 15 is 0 Å². The molecule has 0 aliphatic carbocycles. The Hall–Kier alpha value is -2.86. The lowest BCUT2D eigenvalue weighted by Crippen LogP contribution is -2.19. The second kappa shape index (κ2) is 6.50. The maximum atomic E-state index is 11.9. The average Bonchev–Trinajstić information content (AvgIpc) is 2.94. The topological polar surface area (TPSA) is 80.0 Å². The first-order valence-electron chi connectivity index (χ1n) is 6.84. The number of nitrogens with zero attached hydrogens (tertiary/aromatic N) is 2. The van der Waals surface area contributed by atoms with E-state index in [1.807, 2.05) is 0 Å². The predicted octanol–water partition coefficient (Wildman–Crippen LogP) is 4.34. The molecule has 0 bridgehead atoms. The number of carbonyl (C=O) groups is 1. The summed E-state index contributed by atoms with van der Waals surface area (Å²) in [6.07, 6.45) is 0. The third kappa shape index (κ3) is 3.87. The van der Waals surface area contributed by atoms with Gasteiger partial charge in [0.2, 0.25) is 11.7 Å². The lowest BCUT2D eigenvalue weighted by atomic mass is 10.2. The Labute approximate surface area is 137 Å². The molecular weight excluding hydrogens is 316 g/mol. The first-order chi connectivity index (χ1) is 11.1. The van der Waals surface area contributed by atoms with Crippen LogP contribution >= 0.6 is 11.6 Å². The summed E-state index contributed by atoms with van der Waals surface area (Å²) in [5.41, 5.74) is 2.07. The molecule has 116 valence electrons. The van der Waals surface area contributed by atoms with Gasteiger partial charge in [-0.2, -0.15) is 4.98 Å². The van der Waals surface area contributed by atoms with E-state index < -0.39 is 0 Å². The average molecular weight is 329 g/mol. The number of urea groups is 1. The quantitative estimate of drug-likeness (QED) is 0.749. The van der Waals surface area contributed by atoms with Gasteiger partial charge in [0.05, 0.1) is 0 Å². The van der Waals surface area contributed by atoms with Crippen molar-refractivity contribution < 1.29 is 9.32 Å². The zero-order valence-electron chi connectivity index (χ0n) is 12.2. The highest BCUT2D eigenvalue weighted by Crippen LogP contribution is 2.19. The highest BCUT2D eigenvalue weighted by atomic mass is 35.5. The molecule has 0 radical (unpaired) electrons. The second-order valence-electron chi connectivity index (χ2n) is 4.80. The minimum absolute atomic E-state index is 0.351. The molecule has 0 atom stereocenters. The summed E-state index contributed by atoms with van der Waals surface area (Å²) in [7, 11) is 0. The number of benzene rings is 2. The Bertz CT molecular complexity index is 830. The molecule has 0 saturated carbocycles. The van der Waals surface area contributed by atoms with Crippen LogP contribution in [0.15, 0.2) is 53.1 Å². The second-order valence-corrected chi connectivity index (χ2v) is 5.24. The highest BCUT2D eigenvalue weighted by molar-refractivity contribution is 6.30. The molecule has 0 saturated heterocycles. The van der Waals surface area contributed by atoms with Crippen LogP contribution in [0.2, 0.25) is 5.02 Å². The van der Waals surface area contributed by atoms with Gasteiger partial charge < -0.3 is 15.2 Å². The Kier molecular flexibility index (Phi) is 4.25. The molecule has 0 aliphatic rings. The van der Waals surface area contributed by atoms with Crippen LogP contribution in [0.5, 0.6) is 0 Å². The Morgan fingerprint density at radius 1 is 1.09 bits per heavy atom. The summed E-state index contributed by atoms with van der Waals surface area (Å²) in [5, 5.41) is 9.84. The third-order valence-electron chi connectivity index (χ3n) is 3.01. The fraction of sp³-hybridized carbons (Fsp3) is 0.0625. The minimum Gasteiger partial charge on any atom is -0.339 e. The van der Waals surface area contributed by atoms with Crippen LogP contribution in [0.1, 0.15) is 5.89 Å². The van der Waals surface area contributed by atoms with Crippen molar-refractivity contribution in [2.45, 2.75) is 6.92 Å². The fourth-order valence-electron chi connectivity index (χ4n) is 1.98. The molecule has 2 N–H and O–H groups in total. The number of rotatable bonds is 3. The van der Waals surface area contributed by atoms with Gasteiger partial charge in [0, 0.05) is 28.9 Å². The Balaban J connectivity index is 1.65. The zero-order valence-corrected chi connectivity index (χ0v) is 13.0. The molecule has 1 heterocycles. The van der Waals surface area contributed by atoms with Crippen LogP contribution in [0.25, 0.3) is 11.4 Å². The van der Waals surface area contributed by atoms with Crippen molar-refractivity contribution in [2.24, 2.45) is 0 Å². The summed E-state index contributed by atoms with van der Waals surface area (Å²) in [4.78, 5) is 16.1. The molecule has 23 heavy (non-hydrogen) atoms. The molecular formula is C16H13ClN4O2. The molecule has 2 amide bonds. The van der Waals surface area contributed by atoms with Crippen molar-refractivity contribution in [1.29, 1.82) is 0 Å². The molecule has 3 aromatic rings. The first-order valence-corrected chi connectivity index (χ1v) is 7.22. The first kappa shape index (κ1) is 15.1. The van der Waals surface area contributed by atoms with Crippen molar-refractivity contribution in [1.82, 2.24) is 10.1 Å². The number of hydrogen-bond donors (Lipinski definition) is 2. The van der Waals surface area contributed by atoms with E-state index in [0.717, 1.165) is 5.56 Å². The normalized spacial score (nSPS) is 10.3. The van der Waals surface area contributed by atoms with E-state index in [-0.39, 0.29) is 6.03 Å². The highest BCUT2D eigenvalue weighted by Gasteiger charge is 2.07. The van der Waals surface area contributed by atoms with Crippen molar-refractivity contribution >= 4 is 29.0 Å². The van der Waals surface area contributed by atoms with E-state index in [1.54, 1.807) is 55.5 Å². The number of anilines is 2. The number of hydrogen-bond acceptors (Lipinski definition) is 4. The third-order valence-corrected chi connectivity index (χ3v) is 3.25. The standard InChI is InChI=1S/C16H13ClN4O2/c1-10-18-15(21-23-10)11-5-7-13(8-6-11)19-16(22)20-14-4-2-3-12(17)9-14/h2-9H,1H3,(H2,19,20,22). The number of halogens is 1. The summed E-state index contributed by atoms with van der Waals surface area (Å²) in [6, 6.07) is 13.7. The number of aromatic nitrogens is 2. The van der Waals surface area contributed by atoms with Gasteiger partial charge in [0.25, 0.3) is 0 Å². The van der Waals surface area contributed by atoms with Crippen molar-refractivity contribution in [3.63, 3.8) is 0 Å². The molecule has 7 heteroatoms. The van der Waals surface area contributed by atoms with Crippen LogP contribution in [-0.4, -0.2) is 16.2 Å². The lowest BCUT2D eigenvalue weighted by Gasteiger charge is -2.08. The van der Waals surface area contributed by atoms with Gasteiger partial charge in [-0.25, -0.2) is 4.79 Å². The zero-order chi connectivity index (χ0) is 16.2. The summed E-state index contributed by atoms with van der Waals surface area (Å²) in [6.45, 7) is 1.73. The van der Waals surface area contributed by atoms with Crippen LogP contribution < -0.4 is 10.6 Å². The van der Waals surface area contributed by atoms with Gasteiger partial charge in [-0.1, -0.05) is 22.8 Å². The maximum absolute atomic E-state index is 11.9. The van der Waals surface area contributed by atoms with Gasteiger partial charge in [-0.15, -0.1) is 0 Å². The SMILES string of the molecule is Cc1nc(-c2ccc(NC(=O)Nc3cccc(Cl)c3)cc2)no1. The fourth-order valence-corrected chi connectivity index (χ4v) is 2.17. The lowest BCUT2D eigenvalue weighted by molar-refractivity contribution is 0.262. The van der Waals surface area contributed by atoms with Gasteiger partial charge in [0.15, 0.2) is 0 Å². The molecule has 6 nitrogen and oxygen atoms in total. The van der Waals surface area contributed by atoms with Crippen molar-refractivity contribution in [3.8, 4) is 11.4 Å². The smallest absolute Gasteiger partial charge is 0.323 e. The number of nitrogens with one attached hydrogen (secondary N) is 2. The predicted molar refractivity (Wildman–Crippen MR) is 88.6 cm³/mol. The number of carbonyl (C=O) groups excluding carboxylic acids is 1. The molecule has 0 spiro atoms. The summed E-state index contributed by atoms with van der Waals surface area (Å²) < 4.78 is 4.94. The summed E-state index contributed by atoms with van der Waals surface area (Å²) >= 11 is 5.87. The van der Waals surface area contributed by atoms with Crippen LogP contribution in [-0.2, 0) is 0 Å². The van der Waals surface area contributed by atoms with E-state index in [9.17, 15) is 4.79 Å². The Morgan fingerprint density at radius 2 is 1.83 bits per heavy atom. The van der Waals surface area contributed by atoms with E-state index in [2.05, 4.69) is 20.8 Å². The van der Waals surface area contributed by atoms with Crippen LogP contribution in [0, 0.1) is 6.92 Å². The van der Waals surface area contributed by atoms with Gasteiger partial charge in [0.1, 0.15) is 0 Å². The van der Waals surface area contributed by atoms with Gasteiger partial charge in [-0.3, -0.25) is 0 Å². The Morgan fingerprint density at radius 3 is 2.48 bits per heavy atom. The molecule has 0 aliphatic heterocycles. The van der Waals surface area contributed by atoms with Crippen molar-refractivity contribution in [2.75, 3.05) is 10.6 Å². The van der Waals surface area contributed by atoms with Crippen molar-refractivity contribution in [3.05, 3.63) is 59.4 Å². The van der Waals surface area contributed by atoms with Crippen LogP contribution in [0.3, 0.4) is 0 Å². The maximum Gasteiger partial charge on any atom is 0.323 e. The minimum atomic E-state index is -0.351. The van der Waals surface area contributed by atoms with E-state index in [0.29, 0.717) is 28.1 Å². The molecule has 0 fully saturated rings. The van der Waals surface area contributed by atoms with E-state index in [4.69, 9.17) is 16.1 Å². The monoisotopic (exact) mass is 328 g/mol.